The van der Waals surface area contributed by atoms with E-state index in [1.165, 1.54) is 6.33 Å². The maximum atomic E-state index is 11.9. The first-order chi connectivity index (χ1) is 14.7. The van der Waals surface area contributed by atoms with Gasteiger partial charge in [0.05, 0.1) is 29.9 Å². The first-order valence-electron chi connectivity index (χ1n) is 9.55. The number of hydrogen-bond acceptors (Lipinski definition) is 10. The van der Waals surface area contributed by atoms with Gasteiger partial charge in [0.2, 0.25) is 11.6 Å². The van der Waals surface area contributed by atoms with Crippen LogP contribution in [0.4, 0.5) is 23.1 Å². The van der Waals surface area contributed by atoms with Crippen LogP contribution in [0, 0.1) is 32.8 Å². The van der Waals surface area contributed by atoms with Gasteiger partial charge in [-0.1, -0.05) is 6.07 Å². The van der Waals surface area contributed by atoms with Crippen LogP contribution in [0.15, 0.2) is 30.7 Å². The molecular weight excluding hydrogens is 386 g/mol. The van der Waals surface area contributed by atoms with Crippen LogP contribution >= 0.6 is 0 Å². The molecule has 1 saturated heterocycles. The predicted octanol–water partition coefficient (Wildman–Crippen LogP) is 1.74. The summed E-state index contributed by atoms with van der Waals surface area (Å²) in [4.78, 5) is 29.8. The van der Waals surface area contributed by atoms with Gasteiger partial charge in [-0.3, -0.25) is 10.1 Å². The molecule has 0 aromatic carbocycles. The van der Waals surface area contributed by atoms with Crippen LogP contribution in [0.2, 0.25) is 0 Å². The fraction of sp³-hybridized carbons (Fsp3) is 0.421. The number of piperazine rings is 1. The summed E-state index contributed by atoms with van der Waals surface area (Å²) in [5.74, 6) is 1.27. The number of nitro groups is 1. The van der Waals surface area contributed by atoms with Crippen molar-refractivity contribution in [2.24, 2.45) is 0 Å². The van der Waals surface area contributed by atoms with Crippen LogP contribution < -0.4 is 14.7 Å². The Bertz CT molecular complexity index is 929. The first-order valence-corrected chi connectivity index (χ1v) is 9.55. The molecule has 0 aliphatic carbocycles. The lowest BCUT2D eigenvalue weighted by Crippen LogP contribution is -2.47. The smallest absolute Gasteiger partial charge is 0.353 e. The lowest BCUT2D eigenvalue weighted by Gasteiger charge is -2.36. The average Bonchev–Trinajstić information content (AvgIpc) is 2.79. The van der Waals surface area contributed by atoms with E-state index in [4.69, 9.17) is 10.5 Å². The first kappa shape index (κ1) is 20.7. The predicted molar refractivity (Wildman–Crippen MR) is 110 cm³/mol. The van der Waals surface area contributed by atoms with Gasteiger partial charge in [-0.05, 0) is 12.1 Å². The molecule has 11 nitrogen and oxygen atoms in total. The Hall–Kier alpha value is -3.99. The van der Waals surface area contributed by atoms with Crippen molar-refractivity contribution in [2.75, 3.05) is 54.0 Å². The molecule has 1 aliphatic heterocycles. The second kappa shape index (κ2) is 9.98. The lowest BCUT2D eigenvalue weighted by atomic mass is 10.2. The molecule has 3 rings (SSSR count). The number of aromatic nitrogens is 3. The number of nitrogens with zero attached hydrogens (tertiary/aromatic N) is 9. The molecule has 0 saturated carbocycles. The van der Waals surface area contributed by atoms with E-state index >= 15 is 0 Å². The minimum absolute atomic E-state index is 0.141. The van der Waals surface area contributed by atoms with E-state index in [1.807, 2.05) is 35.2 Å². The fourth-order valence-corrected chi connectivity index (χ4v) is 3.37. The van der Waals surface area contributed by atoms with Crippen molar-refractivity contribution < 1.29 is 4.92 Å². The summed E-state index contributed by atoms with van der Waals surface area (Å²) in [7, 11) is 0. The van der Waals surface area contributed by atoms with E-state index in [0.717, 1.165) is 5.82 Å². The van der Waals surface area contributed by atoms with E-state index < -0.39 is 4.92 Å². The summed E-state index contributed by atoms with van der Waals surface area (Å²) >= 11 is 0. The number of hydrogen-bond donors (Lipinski definition) is 0. The summed E-state index contributed by atoms with van der Waals surface area (Å²) in [6.07, 6.45) is 3.38. The Balaban J connectivity index is 1.85. The van der Waals surface area contributed by atoms with E-state index in [0.29, 0.717) is 26.2 Å². The van der Waals surface area contributed by atoms with Crippen molar-refractivity contribution in [3.05, 3.63) is 40.8 Å². The van der Waals surface area contributed by atoms with Gasteiger partial charge in [-0.2, -0.15) is 10.5 Å². The van der Waals surface area contributed by atoms with Crippen LogP contribution in [-0.2, 0) is 0 Å². The SMILES string of the molecule is N#CCCN(CCC#N)c1ncnc(N2CCN(c3ccccn3)CC2)c1[N+](=O)[O-]. The van der Waals surface area contributed by atoms with Gasteiger partial charge < -0.3 is 14.7 Å². The minimum atomic E-state index is -0.485. The molecule has 1 fully saturated rings. The molecule has 0 atom stereocenters. The van der Waals surface area contributed by atoms with Crippen molar-refractivity contribution in [3.8, 4) is 12.1 Å². The Morgan fingerprint density at radius 3 is 2.27 bits per heavy atom. The van der Waals surface area contributed by atoms with Gasteiger partial charge in [0.15, 0.2) is 0 Å². The summed E-state index contributed by atoms with van der Waals surface area (Å²) < 4.78 is 0. The molecule has 0 spiro atoms. The summed E-state index contributed by atoms with van der Waals surface area (Å²) in [5, 5.41) is 29.8. The fourth-order valence-electron chi connectivity index (χ4n) is 3.37. The molecule has 3 heterocycles. The average molecular weight is 407 g/mol. The highest BCUT2D eigenvalue weighted by Gasteiger charge is 2.31. The highest BCUT2D eigenvalue weighted by Crippen LogP contribution is 2.35. The third-order valence-corrected chi connectivity index (χ3v) is 4.81. The Morgan fingerprint density at radius 2 is 1.70 bits per heavy atom. The maximum Gasteiger partial charge on any atom is 0.353 e. The molecule has 2 aromatic rings. The number of anilines is 3. The summed E-state index contributed by atoms with van der Waals surface area (Å²) in [6, 6.07) is 9.78. The van der Waals surface area contributed by atoms with E-state index in [9.17, 15) is 10.1 Å². The van der Waals surface area contributed by atoms with Crippen molar-refractivity contribution in [1.29, 1.82) is 10.5 Å². The molecule has 154 valence electrons. The lowest BCUT2D eigenvalue weighted by molar-refractivity contribution is -0.383. The monoisotopic (exact) mass is 407 g/mol. The molecule has 0 radical (unpaired) electrons. The zero-order valence-corrected chi connectivity index (χ0v) is 16.4. The van der Waals surface area contributed by atoms with Crippen LogP contribution in [0.3, 0.4) is 0 Å². The molecule has 2 aromatic heterocycles. The molecule has 1 aliphatic rings. The van der Waals surface area contributed by atoms with Gasteiger partial charge in [0.1, 0.15) is 12.1 Å². The van der Waals surface area contributed by atoms with Gasteiger partial charge >= 0.3 is 5.69 Å². The normalized spacial score (nSPS) is 13.4. The maximum absolute atomic E-state index is 11.9. The third kappa shape index (κ3) is 4.70. The summed E-state index contributed by atoms with van der Waals surface area (Å²) in [5.41, 5.74) is -0.195. The second-order valence-electron chi connectivity index (χ2n) is 6.59. The van der Waals surface area contributed by atoms with Crippen LogP contribution in [0.5, 0.6) is 0 Å². The molecule has 0 N–H and O–H groups in total. The molecule has 0 bridgehead atoms. The number of rotatable bonds is 8. The van der Waals surface area contributed by atoms with Crippen molar-refractivity contribution in [2.45, 2.75) is 12.8 Å². The molecule has 0 unspecified atom stereocenters. The van der Waals surface area contributed by atoms with Crippen molar-refractivity contribution >= 4 is 23.1 Å². The minimum Gasteiger partial charge on any atom is -0.353 e. The van der Waals surface area contributed by atoms with Gasteiger partial charge in [0.25, 0.3) is 0 Å². The van der Waals surface area contributed by atoms with Gasteiger partial charge in [0, 0.05) is 45.5 Å². The van der Waals surface area contributed by atoms with Crippen LogP contribution in [0.1, 0.15) is 12.8 Å². The zero-order chi connectivity index (χ0) is 21.3. The molecular formula is C19H21N9O2. The summed E-state index contributed by atoms with van der Waals surface area (Å²) in [6.45, 7) is 2.90. The standard InChI is InChI=1S/C19H21N9O2/c20-6-3-9-26(10-4-7-21)18-17(28(29)30)19(24-15-23-18)27-13-11-25(12-14-27)16-5-1-2-8-22-16/h1-2,5,8,15H,3-4,9-14H2. The van der Waals surface area contributed by atoms with Gasteiger partial charge in [-0.15, -0.1) is 0 Å². The van der Waals surface area contributed by atoms with E-state index in [1.54, 1.807) is 11.1 Å². The van der Waals surface area contributed by atoms with E-state index in [2.05, 4.69) is 19.9 Å². The topological polar surface area (TPSA) is 139 Å². The van der Waals surface area contributed by atoms with Crippen molar-refractivity contribution in [1.82, 2.24) is 15.0 Å². The van der Waals surface area contributed by atoms with Crippen LogP contribution in [-0.4, -0.2) is 59.1 Å². The highest BCUT2D eigenvalue weighted by molar-refractivity contribution is 5.71. The Kier molecular flexibility index (Phi) is 6.90. The van der Waals surface area contributed by atoms with Crippen molar-refractivity contribution in [3.63, 3.8) is 0 Å². The number of nitriles is 2. The highest BCUT2D eigenvalue weighted by atomic mass is 16.6. The Morgan fingerprint density at radius 1 is 1.03 bits per heavy atom. The quantitative estimate of drug-likeness (QED) is 0.469. The zero-order valence-electron chi connectivity index (χ0n) is 16.4. The second-order valence-corrected chi connectivity index (χ2v) is 6.59. The number of pyridine rings is 1. The van der Waals surface area contributed by atoms with E-state index in [-0.39, 0.29) is 43.3 Å². The van der Waals surface area contributed by atoms with Gasteiger partial charge in [-0.25, -0.2) is 15.0 Å². The molecule has 11 heteroatoms. The largest absolute Gasteiger partial charge is 0.353 e. The molecule has 0 amide bonds. The van der Waals surface area contributed by atoms with Crippen LogP contribution in [0.25, 0.3) is 0 Å². The Labute approximate surface area is 174 Å². The third-order valence-electron chi connectivity index (χ3n) is 4.81. The molecule has 30 heavy (non-hydrogen) atoms.